The molecule has 0 aliphatic carbocycles. The Balaban J connectivity index is 2.24. The van der Waals surface area contributed by atoms with Crippen LogP contribution in [0, 0.1) is 5.92 Å². The minimum atomic E-state index is 0.424. The summed E-state index contributed by atoms with van der Waals surface area (Å²) >= 11 is 0. The van der Waals surface area contributed by atoms with Crippen molar-refractivity contribution in [3.63, 3.8) is 0 Å². The summed E-state index contributed by atoms with van der Waals surface area (Å²) < 4.78 is 5.88. The van der Waals surface area contributed by atoms with E-state index in [1.54, 1.807) is 0 Å². The molecule has 2 atom stereocenters. The van der Waals surface area contributed by atoms with Crippen LogP contribution in [-0.4, -0.2) is 13.2 Å². The topological polar surface area (TPSA) is 21.3 Å². The predicted octanol–water partition coefficient (Wildman–Crippen LogP) is 4.10. The molecule has 0 bridgehead atoms. The number of benzene rings is 1. The van der Waals surface area contributed by atoms with Crippen LogP contribution in [-0.2, 0) is 6.42 Å². The van der Waals surface area contributed by atoms with Gasteiger partial charge in [-0.15, -0.1) is 0 Å². The summed E-state index contributed by atoms with van der Waals surface area (Å²) in [5.41, 5.74) is 2.74. The van der Waals surface area contributed by atoms with Crippen molar-refractivity contribution in [1.82, 2.24) is 5.32 Å². The number of hydrogen-bond acceptors (Lipinski definition) is 2. The van der Waals surface area contributed by atoms with Gasteiger partial charge < -0.3 is 10.1 Å². The van der Waals surface area contributed by atoms with Crippen LogP contribution in [0.3, 0.4) is 0 Å². The first-order valence-corrected chi connectivity index (χ1v) is 7.75. The number of nitrogens with one attached hydrogen (secondary N) is 1. The second kappa shape index (κ2) is 6.95. The minimum Gasteiger partial charge on any atom is -0.493 e. The van der Waals surface area contributed by atoms with Gasteiger partial charge in [-0.2, -0.15) is 0 Å². The van der Waals surface area contributed by atoms with E-state index in [4.69, 9.17) is 4.74 Å². The summed E-state index contributed by atoms with van der Waals surface area (Å²) in [6.45, 7) is 8.75. The minimum absolute atomic E-state index is 0.424. The van der Waals surface area contributed by atoms with E-state index in [9.17, 15) is 0 Å². The van der Waals surface area contributed by atoms with Crippen molar-refractivity contribution in [2.45, 2.75) is 52.5 Å². The van der Waals surface area contributed by atoms with Crippen molar-refractivity contribution in [3.05, 3.63) is 29.3 Å². The molecule has 1 aromatic rings. The molecular weight excluding hydrogens is 234 g/mol. The van der Waals surface area contributed by atoms with Crippen molar-refractivity contribution in [3.8, 4) is 5.75 Å². The normalized spacial score (nSPS) is 16.8. The van der Waals surface area contributed by atoms with Gasteiger partial charge in [-0.05, 0) is 30.9 Å². The third-order valence-corrected chi connectivity index (χ3v) is 4.01. The van der Waals surface area contributed by atoms with Gasteiger partial charge in [-0.3, -0.25) is 0 Å². The standard InChI is InChI=1S/C17H27NO/c1-4-7-13(3)16(18-11-5-2)15-9-6-8-14-10-12-19-17(14)15/h6,8-9,13,16,18H,4-5,7,10-12H2,1-3H3. The maximum Gasteiger partial charge on any atom is 0.127 e. The highest BCUT2D eigenvalue weighted by Crippen LogP contribution is 2.37. The first-order chi connectivity index (χ1) is 9.27. The number of hydrogen-bond donors (Lipinski definition) is 1. The highest BCUT2D eigenvalue weighted by atomic mass is 16.5. The Hall–Kier alpha value is -1.02. The van der Waals surface area contributed by atoms with Crippen molar-refractivity contribution in [2.75, 3.05) is 13.2 Å². The van der Waals surface area contributed by atoms with Crippen LogP contribution in [0.25, 0.3) is 0 Å². The molecule has 0 aromatic heterocycles. The molecule has 0 fully saturated rings. The van der Waals surface area contributed by atoms with Gasteiger partial charge in [0.25, 0.3) is 0 Å². The Kier molecular flexibility index (Phi) is 5.26. The smallest absolute Gasteiger partial charge is 0.127 e. The Morgan fingerprint density at radius 3 is 2.84 bits per heavy atom. The Morgan fingerprint density at radius 2 is 2.11 bits per heavy atom. The first kappa shape index (κ1) is 14.4. The maximum atomic E-state index is 5.88. The van der Waals surface area contributed by atoms with E-state index in [2.05, 4.69) is 44.3 Å². The molecule has 1 aromatic carbocycles. The van der Waals surface area contributed by atoms with Crippen molar-refractivity contribution < 1.29 is 4.74 Å². The molecule has 19 heavy (non-hydrogen) atoms. The van der Waals surface area contributed by atoms with E-state index < -0.39 is 0 Å². The molecular formula is C17H27NO. The molecule has 0 spiro atoms. The Bertz CT molecular complexity index is 402. The van der Waals surface area contributed by atoms with Crippen molar-refractivity contribution >= 4 is 0 Å². The van der Waals surface area contributed by atoms with Crippen LogP contribution in [0.2, 0.25) is 0 Å². The summed E-state index contributed by atoms with van der Waals surface area (Å²) in [4.78, 5) is 0. The fraction of sp³-hybridized carbons (Fsp3) is 0.647. The second-order valence-electron chi connectivity index (χ2n) is 5.63. The SMILES string of the molecule is CCCNC(c1cccc2c1OCC2)C(C)CCC. The molecule has 1 N–H and O–H groups in total. The molecule has 2 rings (SSSR count). The summed E-state index contributed by atoms with van der Waals surface area (Å²) in [6.07, 6.45) is 4.73. The van der Waals surface area contributed by atoms with Crippen molar-refractivity contribution in [2.24, 2.45) is 5.92 Å². The Labute approximate surface area is 117 Å². The van der Waals surface area contributed by atoms with Gasteiger partial charge in [-0.25, -0.2) is 0 Å². The number of fused-ring (bicyclic) bond motifs is 1. The Morgan fingerprint density at radius 1 is 1.26 bits per heavy atom. The van der Waals surface area contributed by atoms with Gasteiger partial charge in [0.2, 0.25) is 0 Å². The van der Waals surface area contributed by atoms with Gasteiger partial charge in [0.05, 0.1) is 6.61 Å². The summed E-state index contributed by atoms with van der Waals surface area (Å²) in [5.74, 6) is 1.80. The highest BCUT2D eigenvalue weighted by molar-refractivity contribution is 5.45. The average molecular weight is 261 g/mol. The maximum absolute atomic E-state index is 5.88. The van der Waals surface area contributed by atoms with E-state index in [-0.39, 0.29) is 0 Å². The average Bonchev–Trinajstić information content (AvgIpc) is 2.88. The molecule has 1 heterocycles. The summed E-state index contributed by atoms with van der Waals surface area (Å²) in [5, 5.41) is 3.72. The monoisotopic (exact) mass is 261 g/mol. The van der Waals surface area contributed by atoms with Crippen LogP contribution < -0.4 is 10.1 Å². The molecule has 2 nitrogen and oxygen atoms in total. The molecule has 0 amide bonds. The third kappa shape index (κ3) is 3.30. The van der Waals surface area contributed by atoms with Gasteiger partial charge in [-0.1, -0.05) is 45.4 Å². The fourth-order valence-electron chi connectivity index (χ4n) is 3.03. The van der Waals surface area contributed by atoms with Gasteiger partial charge in [0, 0.05) is 18.0 Å². The number of ether oxygens (including phenoxy) is 1. The zero-order valence-corrected chi connectivity index (χ0v) is 12.5. The fourth-order valence-corrected chi connectivity index (χ4v) is 3.03. The van der Waals surface area contributed by atoms with Crippen molar-refractivity contribution in [1.29, 1.82) is 0 Å². The van der Waals surface area contributed by atoms with Gasteiger partial charge >= 0.3 is 0 Å². The van der Waals surface area contributed by atoms with Crippen LogP contribution in [0.15, 0.2) is 18.2 Å². The lowest BCUT2D eigenvalue weighted by Crippen LogP contribution is -2.28. The lowest BCUT2D eigenvalue weighted by Gasteiger charge is -2.27. The quantitative estimate of drug-likeness (QED) is 0.798. The molecule has 2 heteroatoms. The molecule has 1 aliphatic rings. The molecule has 106 valence electrons. The second-order valence-corrected chi connectivity index (χ2v) is 5.63. The molecule has 2 unspecified atom stereocenters. The zero-order valence-electron chi connectivity index (χ0n) is 12.5. The van der Waals surface area contributed by atoms with Gasteiger partial charge in [0.1, 0.15) is 5.75 Å². The van der Waals surface area contributed by atoms with Crippen LogP contribution >= 0.6 is 0 Å². The van der Waals surface area contributed by atoms with E-state index in [0.29, 0.717) is 12.0 Å². The molecule has 0 radical (unpaired) electrons. The van der Waals surface area contributed by atoms with E-state index in [1.165, 1.54) is 30.4 Å². The van der Waals surface area contributed by atoms with Gasteiger partial charge in [0.15, 0.2) is 0 Å². The van der Waals surface area contributed by atoms with E-state index >= 15 is 0 Å². The third-order valence-electron chi connectivity index (χ3n) is 4.01. The predicted molar refractivity (Wildman–Crippen MR) is 80.7 cm³/mol. The number of para-hydroxylation sites is 1. The first-order valence-electron chi connectivity index (χ1n) is 7.75. The molecule has 1 aliphatic heterocycles. The van der Waals surface area contributed by atoms with E-state index in [1.807, 2.05) is 0 Å². The molecule has 0 saturated carbocycles. The number of rotatable bonds is 7. The lowest BCUT2D eigenvalue weighted by molar-refractivity contribution is 0.325. The highest BCUT2D eigenvalue weighted by Gasteiger charge is 2.25. The van der Waals surface area contributed by atoms with E-state index in [0.717, 1.165) is 25.3 Å². The molecule has 0 saturated heterocycles. The zero-order chi connectivity index (χ0) is 13.7. The largest absolute Gasteiger partial charge is 0.493 e. The lowest BCUT2D eigenvalue weighted by atomic mass is 9.89. The van der Waals surface area contributed by atoms with Crippen LogP contribution in [0.4, 0.5) is 0 Å². The summed E-state index contributed by atoms with van der Waals surface area (Å²) in [6, 6.07) is 7.05. The van der Waals surface area contributed by atoms with Crippen LogP contribution in [0.1, 0.15) is 57.2 Å². The van der Waals surface area contributed by atoms with Crippen LogP contribution in [0.5, 0.6) is 5.75 Å². The summed E-state index contributed by atoms with van der Waals surface area (Å²) in [7, 11) is 0.